The molecule has 3 aromatic rings. The minimum absolute atomic E-state index is 0.132. The van der Waals surface area contributed by atoms with Gasteiger partial charge in [-0.3, -0.25) is 4.79 Å². The average Bonchev–Trinajstić information content (AvgIpc) is 3.13. The third-order valence-electron chi connectivity index (χ3n) is 4.94. The van der Waals surface area contributed by atoms with Gasteiger partial charge in [-0.1, -0.05) is 5.92 Å². The minimum Gasteiger partial charge on any atom is -0.485 e. The van der Waals surface area contributed by atoms with E-state index >= 15 is 0 Å². The van der Waals surface area contributed by atoms with Gasteiger partial charge in [-0.05, 0) is 19.1 Å². The third kappa shape index (κ3) is 2.81. The molecule has 29 heavy (non-hydrogen) atoms. The van der Waals surface area contributed by atoms with Gasteiger partial charge in [0.15, 0.2) is 22.7 Å². The Kier molecular flexibility index (Phi) is 3.64. The number of amides is 1. The molecule has 5 rings (SSSR count). The van der Waals surface area contributed by atoms with Crippen molar-refractivity contribution in [3.8, 4) is 23.8 Å². The van der Waals surface area contributed by atoms with E-state index in [9.17, 15) is 9.18 Å². The van der Waals surface area contributed by atoms with E-state index in [1.807, 2.05) is 0 Å². The summed E-state index contributed by atoms with van der Waals surface area (Å²) < 4.78 is 27.7. The number of rotatable bonds is 0. The first-order valence-corrected chi connectivity index (χ1v) is 8.96. The van der Waals surface area contributed by atoms with Crippen molar-refractivity contribution in [1.82, 2.24) is 19.9 Å². The highest BCUT2D eigenvalue weighted by atomic mass is 19.1. The molecule has 9 heteroatoms. The van der Waals surface area contributed by atoms with E-state index in [1.54, 1.807) is 19.2 Å². The van der Waals surface area contributed by atoms with Gasteiger partial charge < -0.3 is 20.1 Å². The van der Waals surface area contributed by atoms with Gasteiger partial charge in [0.2, 0.25) is 0 Å². The zero-order valence-corrected chi connectivity index (χ0v) is 15.4. The number of carbonyl (C=O) groups excluding carboxylic acids is 1. The van der Waals surface area contributed by atoms with Crippen molar-refractivity contribution in [3.63, 3.8) is 0 Å². The molecule has 2 aliphatic rings. The van der Waals surface area contributed by atoms with Crippen LogP contribution in [0.15, 0.2) is 30.6 Å². The predicted octanol–water partition coefficient (Wildman–Crippen LogP) is 1.93. The summed E-state index contributed by atoms with van der Waals surface area (Å²) in [6.07, 6.45) is 8.86. The number of anilines is 1. The Bertz CT molecular complexity index is 1200. The number of carbonyl (C=O) groups is 1. The van der Waals surface area contributed by atoms with Gasteiger partial charge >= 0.3 is 0 Å². The number of nitrogens with one attached hydrogen (secondary N) is 2. The van der Waals surface area contributed by atoms with Gasteiger partial charge in [0.05, 0.1) is 12.7 Å². The van der Waals surface area contributed by atoms with E-state index in [2.05, 4.69) is 26.6 Å². The maximum atomic E-state index is 14.2. The van der Waals surface area contributed by atoms with Crippen LogP contribution in [0.5, 0.6) is 11.5 Å². The molecule has 0 fully saturated rings. The van der Waals surface area contributed by atoms with Crippen molar-refractivity contribution in [2.45, 2.75) is 18.6 Å². The molecule has 2 atom stereocenters. The summed E-state index contributed by atoms with van der Waals surface area (Å²) in [5.74, 6) is 2.79. The van der Waals surface area contributed by atoms with Crippen molar-refractivity contribution < 1.29 is 18.7 Å². The van der Waals surface area contributed by atoms with Crippen LogP contribution in [-0.4, -0.2) is 39.3 Å². The summed E-state index contributed by atoms with van der Waals surface area (Å²) in [6.45, 7) is 2.09. The van der Waals surface area contributed by atoms with Gasteiger partial charge in [0, 0.05) is 17.8 Å². The van der Waals surface area contributed by atoms with E-state index in [4.69, 9.17) is 15.9 Å². The summed E-state index contributed by atoms with van der Waals surface area (Å²) in [6, 6.07) is 3.49. The lowest BCUT2D eigenvalue weighted by atomic mass is 10.0. The summed E-state index contributed by atoms with van der Waals surface area (Å²) in [5.41, 5.74) is 0.223. The fourth-order valence-electron chi connectivity index (χ4n) is 3.44. The molecule has 1 amide bonds. The zero-order chi connectivity index (χ0) is 20.2. The largest absolute Gasteiger partial charge is 0.485 e. The minimum atomic E-state index is -0.874. The zero-order valence-electron chi connectivity index (χ0n) is 15.4. The number of terminal acetylenes is 1. The van der Waals surface area contributed by atoms with Gasteiger partial charge in [-0.15, -0.1) is 6.42 Å². The molecule has 0 spiro atoms. The number of ether oxygens (including phenoxy) is 2. The molecule has 2 aliphatic heterocycles. The molecule has 2 N–H and O–H groups in total. The van der Waals surface area contributed by atoms with Crippen LogP contribution >= 0.6 is 0 Å². The van der Waals surface area contributed by atoms with Crippen LogP contribution in [0, 0.1) is 18.2 Å². The normalized spacial score (nSPS) is 22.8. The second-order valence-corrected chi connectivity index (χ2v) is 7.23. The van der Waals surface area contributed by atoms with Crippen molar-refractivity contribution in [2.75, 3.05) is 18.5 Å². The number of hydrogen-bond acceptors (Lipinski definition) is 6. The van der Waals surface area contributed by atoms with Crippen molar-refractivity contribution in [3.05, 3.63) is 47.5 Å². The molecule has 0 unspecified atom stereocenters. The van der Waals surface area contributed by atoms with E-state index in [0.29, 0.717) is 28.3 Å². The highest BCUT2D eigenvalue weighted by Crippen LogP contribution is 2.42. The Balaban J connectivity index is 1.71. The highest BCUT2D eigenvalue weighted by molar-refractivity contribution is 5.99. The fourth-order valence-corrected chi connectivity index (χ4v) is 3.44. The SMILES string of the molecule is C#C[C@H]1Nc2ccn3ncc(c3n2)C(=O)NC[C@@]2(C)COc3cc(F)cc1c3O2. The van der Waals surface area contributed by atoms with Crippen LogP contribution in [0.3, 0.4) is 0 Å². The van der Waals surface area contributed by atoms with Crippen molar-refractivity contribution in [2.24, 2.45) is 0 Å². The molecule has 0 aliphatic carbocycles. The van der Waals surface area contributed by atoms with Crippen molar-refractivity contribution >= 4 is 17.4 Å². The molecule has 8 nitrogen and oxygen atoms in total. The molecule has 1 aromatic carbocycles. The number of hydrogen-bond donors (Lipinski definition) is 2. The number of nitrogens with zero attached hydrogens (tertiary/aromatic N) is 3. The Morgan fingerprint density at radius 3 is 3.14 bits per heavy atom. The first-order chi connectivity index (χ1) is 14.0. The summed E-state index contributed by atoms with van der Waals surface area (Å²) >= 11 is 0. The van der Waals surface area contributed by atoms with Crippen LogP contribution in [0.4, 0.5) is 10.2 Å². The van der Waals surface area contributed by atoms with E-state index in [1.165, 1.54) is 22.8 Å². The number of halogens is 1. The lowest BCUT2D eigenvalue weighted by molar-refractivity contribution is 0.00593. The Morgan fingerprint density at radius 2 is 2.31 bits per heavy atom. The third-order valence-corrected chi connectivity index (χ3v) is 4.94. The molecule has 0 radical (unpaired) electrons. The quantitative estimate of drug-likeness (QED) is 0.568. The highest BCUT2D eigenvalue weighted by Gasteiger charge is 2.37. The molecule has 146 valence electrons. The molecule has 0 saturated heterocycles. The second-order valence-electron chi connectivity index (χ2n) is 7.23. The Hall–Kier alpha value is -3.80. The molecule has 0 saturated carbocycles. The van der Waals surface area contributed by atoms with Gasteiger partial charge in [0.25, 0.3) is 5.91 Å². The van der Waals surface area contributed by atoms with Crippen LogP contribution in [0.1, 0.15) is 28.9 Å². The van der Waals surface area contributed by atoms with Crippen LogP contribution in [0.2, 0.25) is 0 Å². The van der Waals surface area contributed by atoms with Crippen molar-refractivity contribution in [1.29, 1.82) is 0 Å². The first-order valence-electron chi connectivity index (χ1n) is 8.96. The first kappa shape index (κ1) is 17.3. The number of benzene rings is 1. The molecule has 4 bridgehead atoms. The van der Waals surface area contributed by atoms with Crippen LogP contribution < -0.4 is 20.1 Å². The maximum absolute atomic E-state index is 14.2. The lowest BCUT2D eigenvalue weighted by Gasteiger charge is -2.37. The molecular weight excluding hydrogens is 377 g/mol. The summed E-state index contributed by atoms with van der Waals surface area (Å²) in [4.78, 5) is 17.2. The van der Waals surface area contributed by atoms with Crippen LogP contribution in [-0.2, 0) is 0 Å². The Morgan fingerprint density at radius 1 is 1.45 bits per heavy atom. The number of fused-ring (bicyclic) bond motifs is 2. The standard InChI is InChI=1S/C20H16FN5O3/c1-3-14-12-6-11(21)7-15-17(12)29-20(2,10-28-15)9-22-19(27)13-8-23-26-5-4-16(24-14)25-18(13)26/h1,4-8,14H,9-10H2,2H3,(H,22,27)(H,24,25)/t14-,20+/m1/s1. The lowest BCUT2D eigenvalue weighted by Crippen LogP contribution is -2.51. The monoisotopic (exact) mass is 393 g/mol. The Labute approximate surface area is 165 Å². The average molecular weight is 393 g/mol. The van der Waals surface area contributed by atoms with Gasteiger partial charge in [0.1, 0.15) is 29.8 Å². The maximum Gasteiger partial charge on any atom is 0.256 e. The summed E-state index contributed by atoms with van der Waals surface area (Å²) in [5, 5.41) is 10.1. The smallest absolute Gasteiger partial charge is 0.256 e. The van der Waals surface area contributed by atoms with E-state index < -0.39 is 17.5 Å². The molecular formula is C20H16FN5O3. The number of aromatic nitrogens is 3. The topological polar surface area (TPSA) is 89.8 Å². The fraction of sp³-hybridized carbons (Fsp3) is 0.250. The predicted molar refractivity (Wildman–Crippen MR) is 101 cm³/mol. The van der Waals surface area contributed by atoms with E-state index in [-0.39, 0.29) is 24.8 Å². The van der Waals surface area contributed by atoms with E-state index in [0.717, 1.165) is 0 Å². The summed E-state index contributed by atoms with van der Waals surface area (Å²) in [7, 11) is 0. The van der Waals surface area contributed by atoms with Gasteiger partial charge in [-0.25, -0.2) is 13.9 Å². The van der Waals surface area contributed by atoms with Crippen LogP contribution in [0.25, 0.3) is 5.65 Å². The van der Waals surface area contributed by atoms with Gasteiger partial charge in [-0.2, -0.15) is 5.10 Å². The molecule has 2 aromatic heterocycles. The second kappa shape index (κ2) is 6.10. The molecule has 4 heterocycles.